The van der Waals surface area contributed by atoms with Crippen LogP contribution >= 0.6 is 7.82 Å². The number of rotatable bonds is 44. The zero-order valence-electron chi connectivity index (χ0n) is 41.0. The molecule has 0 radical (unpaired) electrons. The fourth-order valence-corrected chi connectivity index (χ4v) is 7.34. The summed E-state index contributed by atoms with van der Waals surface area (Å²) in [5.74, 6) is -0.213. The topological polar surface area (TPSA) is 105 Å². The number of carbonyl (C=O) groups excluding carboxylic acids is 1. The van der Waals surface area contributed by atoms with E-state index in [1.165, 1.54) is 77.0 Å². The average Bonchev–Trinajstić information content (AvgIpc) is 3.24. The second-order valence-corrected chi connectivity index (χ2v) is 19.3. The number of carbonyl (C=O) groups is 1. The summed E-state index contributed by atoms with van der Waals surface area (Å²) in [5, 5.41) is 13.9. The average molecular weight is 900 g/mol. The summed E-state index contributed by atoms with van der Waals surface area (Å²) in [5.41, 5.74) is 0. The summed E-state index contributed by atoms with van der Waals surface area (Å²) in [6.45, 7) is 4.66. The van der Waals surface area contributed by atoms with E-state index in [-0.39, 0.29) is 19.1 Å². The molecule has 3 N–H and O–H groups in total. The van der Waals surface area contributed by atoms with Crippen molar-refractivity contribution in [2.75, 3.05) is 40.9 Å². The molecule has 0 aromatic heterocycles. The van der Waals surface area contributed by atoms with Gasteiger partial charge in [-0.05, 0) is 77.0 Å². The Hall–Kier alpha value is -2.58. The lowest BCUT2D eigenvalue weighted by Gasteiger charge is -2.25. The number of nitrogens with one attached hydrogen (secondary N) is 1. The summed E-state index contributed by atoms with van der Waals surface area (Å²) in [7, 11) is 1.53. The molecule has 63 heavy (non-hydrogen) atoms. The van der Waals surface area contributed by atoms with E-state index in [1.54, 1.807) is 6.08 Å². The summed E-state index contributed by atoms with van der Waals surface area (Å²) in [4.78, 5) is 23.2. The number of phosphoric ester groups is 1. The molecular formula is C54H96N2O6P+. The van der Waals surface area contributed by atoms with E-state index < -0.39 is 20.0 Å². The first-order valence-electron chi connectivity index (χ1n) is 25.1. The van der Waals surface area contributed by atoms with Crippen LogP contribution in [0.15, 0.2) is 97.2 Å². The van der Waals surface area contributed by atoms with Crippen LogP contribution in [0, 0.1) is 0 Å². The molecule has 0 bridgehead atoms. The molecule has 0 saturated heterocycles. The monoisotopic (exact) mass is 900 g/mol. The largest absolute Gasteiger partial charge is 0.472 e. The molecule has 0 spiro atoms. The van der Waals surface area contributed by atoms with E-state index in [1.807, 2.05) is 27.2 Å². The standard InChI is InChI=1S/C54H95N2O6P/c1-6-8-10-12-14-16-18-20-22-24-25-26-27-28-29-30-31-32-34-36-38-40-42-44-46-48-54(58)55-52(51-62-63(59,60)61-50-49-56(3,4)5)53(57)47-45-43-41-39-37-35-33-23-21-19-17-15-13-11-9-7-2/h8,10,14,16,20,22,25-26,28-29,31-32,36,38,45,47,52-53,57H,6-7,9,11-13,15,17-19,21,23-24,27,30,33-35,37,39-44,46,48-51H2,1-5H3,(H-,55,58,59,60)/p+1/b10-8-,16-14-,22-20-,26-25-,29-28-,32-31-,38-36-,47-45+. The van der Waals surface area contributed by atoms with Crippen molar-refractivity contribution in [1.29, 1.82) is 0 Å². The van der Waals surface area contributed by atoms with Crippen molar-refractivity contribution >= 4 is 13.7 Å². The van der Waals surface area contributed by atoms with Gasteiger partial charge in [0.15, 0.2) is 0 Å². The molecule has 0 rings (SSSR count). The van der Waals surface area contributed by atoms with Gasteiger partial charge in [0, 0.05) is 6.42 Å². The fourth-order valence-electron chi connectivity index (χ4n) is 6.61. The van der Waals surface area contributed by atoms with Crippen molar-refractivity contribution in [1.82, 2.24) is 5.32 Å². The molecule has 1 amide bonds. The van der Waals surface area contributed by atoms with Crippen LogP contribution in [0.25, 0.3) is 0 Å². The predicted octanol–water partition coefficient (Wildman–Crippen LogP) is 14.7. The Balaban J connectivity index is 4.43. The zero-order valence-corrected chi connectivity index (χ0v) is 41.9. The van der Waals surface area contributed by atoms with Crippen molar-refractivity contribution in [2.45, 2.75) is 199 Å². The van der Waals surface area contributed by atoms with E-state index in [4.69, 9.17) is 9.05 Å². The van der Waals surface area contributed by atoms with Crippen LogP contribution in [-0.2, 0) is 18.4 Å². The second kappa shape index (κ2) is 44.6. The van der Waals surface area contributed by atoms with Gasteiger partial charge >= 0.3 is 7.82 Å². The maximum atomic E-state index is 12.9. The Bertz CT molecular complexity index is 1340. The molecule has 8 nitrogen and oxygen atoms in total. The first kappa shape index (κ1) is 60.4. The van der Waals surface area contributed by atoms with Crippen molar-refractivity contribution in [3.8, 4) is 0 Å². The summed E-state index contributed by atoms with van der Waals surface area (Å²) < 4.78 is 23.6. The number of hydrogen-bond acceptors (Lipinski definition) is 5. The van der Waals surface area contributed by atoms with Crippen LogP contribution in [0.3, 0.4) is 0 Å². The third-order valence-corrected chi connectivity index (χ3v) is 11.5. The van der Waals surface area contributed by atoms with E-state index in [9.17, 15) is 19.4 Å². The number of hydrogen-bond donors (Lipinski definition) is 3. The number of amides is 1. The molecule has 3 unspecified atom stereocenters. The van der Waals surface area contributed by atoms with E-state index in [0.29, 0.717) is 17.4 Å². The van der Waals surface area contributed by atoms with Gasteiger partial charge in [-0.3, -0.25) is 13.8 Å². The Kier molecular flexibility index (Phi) is 42.8. The first-order chi connectivity index (χ1) is 30.5. The van der Waals surface area contributed by atoms with Gasteiger partial charge in [0.05, 0.1) is 39.9 Å². The number of quaternary nitrogens is 1. The highest BCUT2D eigenvalue weighted by Crippen LogP contribution is 2.43. The van der Waals surface area contributed by atoms with Crippen LogP contribution in [0.5, 0.6) is 0 Å². The minimum Gasteiger partial charge on any atom is -0.387 e. The third-order valence-electron chi connectivity index (χ3n) is 10.6. The van der Waals surface area contributed by atoms with E-state index in [0.717, 1.165) is 89.9 Å². The molecular weight excluding hydrogens is 804 g/mol. The Morgan fingerprint density at radius 1 is 0.556 bits per heavy atom. The SMILES string of the molecule is CC/C=C\C/C=C\C/C=C\C/C=C\C/C=C\C/C=C\C/C=C\CCCCCC(=O)NC(COP(=O)(O)OCC[N+](C)(C)C)C(O)/C=C/CCCCCCCCCCCCCCCC. The lowest BCUT2D eigenvalue weighted by molar-refractivity contribution is -0.870. The molecule has 0 fully saturated rings. The van der Waals surface area contributed by atoms with Gasteiger partial charge in [-0.25, -0.2) is 4.57 Å². The van der Waals surface area contributed by atoms with Crippen LogP contribution in [0.4, 0.5) is 0 Å². The first-order valence-corrected chi connectivity index (χ1v) is 26.6. The maximum Gasteiger partial charge on any atom is 0.472 e. The molecule has 0 aliphatic rings. The molecule has 0 aromatic carbocycles. The van der Waals surface area contributed by atoms with Crippen molar-refractivity contribution < 1.29 is 32.9 Å². The Morgan fingerprint density at radius 2 is 0.952 bits per heavy atom. The number of phosphoric acid groups is 1. The highest BCUT2D eigenvalue weighted by Gasteiger charge is 2.27. The van der Waals surface area contributed by atoms with Crippen molar-refractivity contribution in [3.05, 3.63) is 97.2 Å². The van der Waals surface area contributed by atoms with Crippen LogP contribution < -0.4 is 5.32 Å². The minimum absolute atomic E-state index is 0.0493. The minimum atomic E-state index is -4.36. The van der Waals surface area contributed by atoms with Gasteiger partial charge in [-0.2, -0.15) is 0 Å². The third kappa shape index (κ3) is 47.2. The lowest BCUT2D eigenvalue weighted by atomic mass is 10.0. The molecule has 0 aliphatic carbocycles. The fraction of sp³-hybridized carbons (Fsp3) is 0.685. The van der Waals surface area contributed by atoms with Gasteiger partial charge in [-0.1, -0.05) is 201 Å². The molecule has 0 aromatic rings. The number of unbranched alkanes of at least 4 members (excludes halogenated alkanes) is 17. The highest BCUT2D eigenvalue weighted by molar-refractivity contribution is 7.47. The smallest absolute Gasteiger partial charge is 0.387 e. The molecule has 0 aliphatic heterocycles. The molecule has 3 atom stereocenters. The van der Waals surface area contributed by atoms with Crippen molar-refractivity contribution in [3.63, 3.8) is 0 Å². The van der Waals surface area contributed by atoms with Crippen LogP contribution in [-0.4, -0.2) is 73.4 Å². The summed E-state index contributed by atoms with van der Waals surface area (Å²) >= 11 is 0. The molecule has 0 saturated carbocycles. The Morgan fingerprint density at radius 3 is 1.40 bits per heavy atom. The number of aliphatic hydroxyl groups is 1. The van der Waals surface area contributed by atoms with Gasteiger partial charge in [0.25, 0.3) is 0 Å². The molecule has 0 heterocycles. The van der Waals surface area contributed by atoms with Crippen molar-refractivity contribution in [2.24, 2.45) is 0 Å². The second-order valence-electron chi connectivity index (χ2n) is 17.8. The Labute approximate surface area is 388 Å². The molecule has 9 heteroatoms. The lowest BCUT2D eigenvalue weighted by Crippen LogP contribution is -2.45. The van der Waals surface area contributed by atoms with E-state index in [2.05, 4.69) is 104 Å². The number of aliphatic hydroxyl groups excluding tert-OH is 1. The highest BCUT2D eigenvalue weighted by atomic mass is 31.2. The summed E-state index contributed by atoms with van der Waals surface area (Å²) in [6.07, 6.45) is 63.4. The predicted molar refractivity (Wildman–Crippen MR) is 272 cm³/mol. The van der Waals surface area contributed by atoms with Gasteiger partial charge < -0.3 is 19.8 Å². The number of nitrogens with zero attached hydrogens (tertiary/aromatic N) is 1. The molecule has 362 valence electrons. The van der Waals surface area contributed by atoms with Crippen LogP contribution in [0.2, 0.25) is 0 Å². The van der Waals surface area contributed by atoms with Crippen LogP contribution in [0.1, 0.15) is 187 Å². The zero-order chi connectivity index (χ0) is 46.4. The quantitative estimate of drug-likeness (QED) is 0.0243. The number of allylic oxidation sites excluding steroid dienone is 15. The van der Waals surface area contributed by atoms with E-state index >= 15 is 0 Å². The normalized spacial score (nSPS) is 15.0. The van der Waals surface area contributed by atoms with Gasteiger partial charge in [-0.15, -0.1) is 0 Å². The van der Waals surface area contributed by atoms with Gasteiger partial charge in [0.1, 0.15) is 13.2 Å². The summed E-state index contributed by atoms with van der Waals surface area (Å²) in [6, 6.07) is -0.871. The number of likely N-dealkylation sites (N-methyl/N-ethyl adjacent to an activating group) is 1. The maximum absolute atomic E-state index is 12.9. The van der Waals surface area contributed by atoms with Gasteiger partial charge in [0.2, 0.25) is 5.91 Å².